The van der Waals surface area contributed by atoms with E-state index in [1.165, 1.54) is 6.33 Å². The molecule has 0 unspecified atom stereocenters. The first-order chi connectivity index (χ1) is 7.45. The molecule has 5 heteroatoms. The maximum absolute atomic E-state index is 4.23. The molecule has 3 aromatic rings. The van der Waals surface area contributed by atoms with E-state index in [9.17, 15) is 0 Å². The van der Waals surface area contributed by atoms with Gasteiger partial charge >= 0.3 is 0 Å². The van der Waals surface area contributed by atoms with Crippen molar-refractivity contribution in [1.82, 2.24) is 24.5 Å². The molecule has 0 aliphatic rings. The Balaban J connectivity index is 2.28. The lowest BCUT2D eigenvalue weighted by molar-refractivity contribution is 1.00. The minimum atomic E-state index is 0.767. The minimum absolute atomic E-state index is 0.767. The molecule has 3 aromatic heterocycles. The third-order valence-corrected chi connectivity index (χ3v) is 2.11. The molecule has 3 rings (SSSR count). The van der Waals surface area contributed by atoms with Crippen LogP contribution in [-0.2, 0) is 0 Å². The Bertz CT molecular complexity index is 587. The molecule has 0 fully saturated rings. The van der Waals surface area contributed by atoms with Gasteiger partial charge < -0.3 is 0 Å². The van der Waals surface area contributed by atoms with Gasteiger partial charge in [-0.05, 0) is 12.1 Å². The molecule has 0 N–H and O–H groups in total. The van der Waals surface area contributed by atoms with E-state index in [-0.39, 0.29) is 0 Å². The summed E-state index contributed by atoms with van der Waals surface area (Å²) in [6, 6.07) is 5.70. The van der Waals surface area contributed by atoms with Crippen LogP contribution in [0.5, 0.6) is 0 Å². The Labute approximate surface area is 85.5 Å². The molecule has 0 aliphatic carbocycles. The first-order valence-electron chi connectivity index (χ1n) is 4.49. The summed E-state index contributed by atoms with van der Waals surface area (Å²) in [7, 11) is 0. The van der Waals surface area contributed by atoms with E-state index in [2.05, 4.69) is 19.9 Å². The molecular formula is C10H7N5. The van der Waals surface area contributed by atoms with Gasteiger partial charge in [-0.3, -0.25) is 4.57 Å². The Morgan fingerprint density at radius 2 is 2.07 bits per heavy atom. The van der Waals surface area contributed by atoms with Gasteiger partial charge in [0.1, 0.15) is 24.0 Å². The van der Waals surface area contributed by atoms with E-state index in [4.69, 9.17) is 0 Å². The summed E-state index contributed by atoms with van der Waals surface area (Å²) < 4.78 is 1.83. The second-order valence-electron chi connectivity index (χ2n) is 3.03. The van der Waals surface area contributed by atoms with Gasteiger partial charge in [0.2, 0.25) is 0 Å². The van der Waals surface area contributed by atoms with Gasteiger partial charge in [0.15, 0.2) is 5.65 Å². The number of imidazole rings is 1. The standard InChI is InChI=1S/C10H7N5/c1-2-4-12-9(3-1)15-7-14-8-5-11-6-13-10(8)15/h1-7H. The van der Waals surface area contributed by atoms with E-state index in [1.54, 1.807) is 18.7 Å². The van der Waals surface area contributed by atoms with Crippen LogP contribution in [0.2, 0.25) is 0 Å². The van der Waals surface area contributed by atoms with Gasteiger partial charge in [-0.15, -0.1) is 0 Å². The molecule has 0 aliphatic heterocycles. The fourth-order valence-corrected chi connectivity index (χ4v) is 1.43. The molecule has 15 heavy (non-hydrogen) atoms. The Morgan fingerprint density at radius 1 is 1.07 bits per heavy atom. The van der Waals surface area contributed by atoms with Gasteiger partial charge in [-0.1, -0.05) is 6.07 Å². The highest BCUT2D eigenvalue weighted by molar-refractivity contribution is 5.70. The van der Waals surface area contributed by atoms with Crippen LogP contribution in [0, 0.1) is 0 Å². The van der Waals surface area contributed by atoms with E-state index >= 15 is 0 Å². The van der Waals surface area contributed by atoms with Gasteiger partial charge in [0, 0.05) is 6.20 Å². The molecule has 3 heterocycles. The van der Waals surface area contributed by atoms with Crippen molar-refractivity contribution in [3.05, 3.63) is 43.2 Å². The number of nitrogens with zero attached hydrogens (tertiary/aromatic N) is 5. The highest BCUT2D eigenvalue weighted by Crippen LogP contribution is 2.12. The number of hydrogen-bond donors (Lipinski definition) is 0. The second-order valence-corrected chi connectivity index (χ2v) is 3.03. The molecule has 0 saturated heterocycles. The van der Waals surface area contributed by atoms with Crippen molar-refractivity contribution in [3.63, 3.8) is 0 Å². The molecule has 0 radical (unpaired) electrons. The Morgan fingerprint density at radius 3 is 2.93 bits per heavy atom. The van der Waals surface area contributed by atoms with Crippen LogP contribution in [0.25, 0.3) is 17.0 Å². The average Bonchev–Trinajstić information content (AvgIpc) is 2.74. The van der Waals surface area contributed by atoms with Crippen molar-refractivity contribution < 1.29 is 0 Å². The van der Waals surface area contributed by atoms with Crippen LogP contribution in [0.15, 0.2) is 43.2 Å². The minimum Gasteiger partial charge on any atom is -0.267 e. The number of rotatable bonds is 1. The highest BCUT2D eigenvalue weighted by Gasteiger charge is 2.04. The molecule has 0 atom stereocenters. The number of fused-ring (bicyclic) bond motifs is 1. The maximum atomic E-state index is 4.23. The molecule has 0 spiro atoms. The van der Waals surface area contributed by atoms with Gasteiger partial charge in [-0.25, -0.2) is 19.9 Å². The third kappa shape index (κ3) is 1.25. The topological polar surface area (TPSA) is 56.5 Å². The summed E-state index contributed by atoms with van der Waals surface area (Å²) in [6.45, 7) is 0. The summed E-state index contributed by atoms with van der Waals surface area (Å²) in [5.41, 5.74) is 1.53. The maximum Gasteiger partial charge on any atom is 0.168 e. The van der Waals surface area contributed by atoms with Crippen molar-refractivity contribution in [1.29, 1.82) is 0 Å². The molecule has 0 saturated carbocycles. The molecule has 0 bridgehead atoms. The zero-order valence-electron chi connectivity index (χ0n) is 7.78. The molecule has 5 nitrogen and oxygen atoms in total. The van der Waals surface area contributed by atoms with Crippen molar-refractivity contribution in [2.45, 2.75) is 0 Å². The highest BCUT2D eigenvalue weighted by atomic mass is 15.2. The first kappa shape index (κ1) is 8.05. The van der Waals surface area contributed by atoms with Crippen LogP contribution in [-0.4, -0.2) is 24.5 Å². The van der Waals surface area contributed by atoms with Crippen molar-refractivity contribution in [2.24, 2.45) is 0 Å². The van der Waals surface area contributed by atoms with Crippen LogP contribution in [0.1, 0.15) is 0 Å². The normalized spacial score (nSPS) is 10.7. The lowest BCUT2D eigenvalue weighted by Crippen LogP contribution is -1.95. The summed E-state index contributed by atoms with van der Waals surface area (Å²) in [5, 5.41) is 0. The summed E-state index contributed by atoms with van der Waals surface area (Å²) in [5.74, 6) is 0.804. The SMILES string of the molecule is c1ccc(-n2cnc3cncnc32)nc1. The van der Waals surface area contributed by atoms with Crippen molar-refractivity contribution in [3.8, 4) is 5.82 Å². The van der Waals surface area contributed by atoms with Crippen molar-refractivity contribution >= 4 is 11.2 Å². The first-order valence-corrected chi connectivity index (χ1v) is 4.49. The van der Waals surface area contributed by atoms with Crippen LogP contribution < -0.4 is 0 Å². The van der Waals surface area contributed by atoms with Crippen LogP contribution in [0.3, 0.4) is 0 Å². The molecule has 72 valence electrons. The number of hydrogen-bond acceptors (Lipinski definition) is 4. The lowest BCUT2D eigenvalue weighted by Gasteiger charge is -2.00. The van der Waals surface area contributed by atoms with Gasteiger partial charge in [0.25, 0.3) is 0 Å². The fourth-order valence-electron chi connectivity index (χ4n) is 1.43. The predicted octanol–water partition coefficient (Wildman–Crippen LogP) is 1.21. The van der Waals surface area contributed by atoms with Gasteiger partial charge in [0.05, 0.1) is 6.20 Å². The van der Waals surface area contributed by atoms with Gasteiger partial charge in [-0.2, -0.15) is 0 Å². The zero-order chi connectivity index (χ0) is 10.1. The number of aromatic nitrogens is 5. The van der Waals surface area contributed by atoms with Crippen LogP contribution in [0.4, 0.5) is 0 Å². The zero-order valence-corrected chi connectivity index (χ0v) is 7.78. The van der Waals surface area contributed by atoms with E-state index < -0.39 is 0 Å². The second kappa shape index (κ2) is 3.13. The summed E-state index contributed by atoms with van der Waals surface area (Å²) in [6.07, 6.45) is 6.62. The Kier molecular flexibility index (Phi) is 1.68. The monoisotopic (exact) mass is 197 g/mol. The smallest absolute Gasteiger partial charge is 0.168 e. The van der Waals surface area contributed by atoms with E-state index in [0.29, 0.717) is 0 Å². The largest absolute Gasteiger partial charge is 0.267 e. The Hall–Kier alpha value is -2.30. The molecule has 0 aromatic carbocycles. The fraction of sp³-hybridized carbons (Fsp3) is 0. The van der Waals surface area contributed by atoms with Crippen LogP contribution >= 0.6 is 0 Å². The summed E-state index contributed by atoms with van der Waals surface area (Å²) in [4.78, 5) is 16.5. The molecule has 0 amide bonds. The summed E-state index contributed by atoms with van der Waals surface area (Å²) >= 11 is 0. The lowest BCUT2D eigenvalue weighted by atomic mass is 10.4. The van der Waals surface area contributed by atoms with E-state index in [1.807, 2.05) is 22.8 Å². The average molecular weight is 197 g/mol. The van der Waals surface area contributed by atoms with Crippen molar-refractivity contribution in [2.75, 3.05) is 0 Å². The number of pyridine rings is 1. The molecular weight excluding hydrogens is 190 g/mol. The van der Waals surface area contributed by atoms with E-state index in [0.717, 1.165) is 17.0 Å². The predicted molar refractivity (Wildman–Crippen MR) is 54.5 cm³/mol. The third-order valence-electron chi connectivity index (χ3n) is 2.11. The quantitative estimate of drug-likeness (QED) is 0.588.